The van der Waals surface area contributed by atoms with Crippen LogP contribution < -0.4 is 5.32 Å². The van der Waals surface area contributed by atoms with Crippen LogP contribution in [0.1, 0.15) is 19.4 Å². The number of hydrogen-bond acceptors (Lipinski definition) is 2. The van der Waals surface area contributed by atoms with Crippen molar-refractivity contribution in [3.05, 3.63) is 26.6 Å². The first-order chi connectivity index (χ1) is 8.49. The smallest absolute Gasteiger partial charge is 0.241 e. The van der Waals surface area contributed by atoms with Crippen molar-refractivity contribution in [1.29, 1.82) is 0 Å². The van der Waals surface area contributed by atoms with Crippen LogP contribution >= 0.6 is 31.9 Å². The molecule has 0 saturated heterocycles. The van der Waals surface area contributed by atoms with Crippen LogP contribution in [0.5, 0.6) is 0 Å². The summed E-state index contributed by atoms with van der Waals surface area (Å²) in [6, 6.07) is 4.05. The summed E-state index contributed by atoms with van der Waals surface area (Å²) in [7, 11) is 0. The van der Waals surface area contributed by atoms with Gasteiger partial charge in [-0.05, 0) is 70.3 Å². The quantitative estimate of drug-likeness (QED) is 0.846. The molecule has 3 nitrogen and oxygen atoms in total. The molecule has 0 atom stereocenters. The third-order valence-electron chi connectivity index (χ3n) is 2.72. The maximum absolute atomic E-state index is 11.9. The summed E-state index contributed by atoms with van der Waals surface area (Å²) in [4.78, 5) is 13.7. The van der Waals surface area contributed by atoms with Crippen molar-refractivity contribution in [3.63, 3.8) is 0 Å². The summed E-state index contributed by atoms with van der Waals surface area (Å²) < 4.78 is 1.92. The molecule has 0 aliphatic heterocycles. The summed E-state index contributed by atoms with van der Waals surface area (Å²) >= 11 is 7.00. The molecular formula is C13H18Br2N2O. The molecule has 100 valence electrons. The standard InChI is InChI=1S/C13H18Br2N2O/c1-4-17(5-2)12(18)8-16-13-10(14)6-9(3)7-11(13)15/h6-7,16H,4-5,8H2,1-3H3. The molecule has 0 aliphatic rings. The third kappa shape index (κ3) is 3.99. The second-order valence-corrected chi connectivity index (χ2v) is 5.73. The lowest BCUT2D eigenvalue weighted by Crippen LogP contribution is -2.35. The van der Waals surface area contributed by atoms with Crippen LogP contribution in [0, 0.1) is 6.92 Å². The number of rotatable bonds is 5. The van der Waals surface area contributed by atoms with Crippen LogP contribution in [-0.2, 0) is 4.79 Å². The number of amides is 1. The first-order valence-corrected chi connectivity index (χ1v) is 7.55. The molecule has 5 heteroatoms. The molecule has 0 spiro atoms. The van der Waals surface area contributed by atoms with E-state index in [0.29, 0.717) is 6.54 Å². The number of carbonyl (C=O) groups excluding carboxylic acids is 1. The van der Waals surface area contributed by atoms with E-state index in [4.69, 9.17) is 0 Å². The minimum Gasteiger partial charge on any atom is -0.374 e. The normalized spacial score (nSPS) is 10.3. The minimum atomic E-state index is 0.111. The van der Waals surface area contributed by atoms with Crippen molar-refractivity contribution in [3.8, 4) is 0 Å². The van der Waals surface area contributed by atoms with Gasteiger partial charge in [0, 0.05) is 22.0 Å². The van der Waals surface area contributed by atoms with E-state index in [-0.39, 0.29) is 5.91 Å². The van der Waals surface area contributed by atoms with Gasteiger partial charge in [-0.15, -0.1) is 0 Å². The molecule has 1 N–H and O–H groups in total. The molecule has 0 bridgehead atoms. The van der Waals surface area contributed by atoms with E-state index >= 15 is 0 Å². The van der Waals surface area contributed by atoms with E-state index in [9.17, 15) is 4.79 Å². The fraction of sp³-hybridized carbons (Fsp3) is 0.462. The fourth-order valence-electron chi connectivity index (χ4n) is 1.72. The third-order valence-corrected chi connectivity index (χ3v) is 3.97. The number of carbonyl (C=O) groups is 1. The summed E-state index contributed by atoms with van der Waals surface area (Å²) in [6.07, 6.45) is 0. The van der Waals surface area contributed by atoms with Gasteiger partial charge in [-0.3, -0.25) is 4.79 Å². The van der Waals surface area contributed by atoms with Gasteiger partial charge in [0.15, 0.2) is 0 Å². The van der Waals surface area contributed by atoms with Gasteiger partial charge in [0.2, 0.25) is 5.91 Å². The van der Waals surface area contributed by atoms with E-state index in [2.05, 4.69) is 37.2 Å². The molecule has 0 unspecified atom stereocenters. The minimum absolute atomic E-state index is 0.111. The molecule has 1 aromatic carbocycles. The maximum Gasteiger partial charge on any atom is 0.241 e. The summed E-state index contributed by atoms with van der Waals surface area (Å²) in [5, 5.41) is 3.17. The van der Waals surface area contributed by atoms with Gasteiger partial charge in [0.1, 0.15) is 0 Å². The molecule has 0 aromatic heterocycles. The Hall–Kier alpha value is -0.550. The summed E-state index contributed by atoms with van der Waals surface area (Å²) in [6.45, 7) is 7.79. The molecule has 18 heavy (non-hydrogen) atoms. The Kier molecular flexibility index (Phi) is 6.15. The SMILES string of the molecule is CCN(CC)C(=O)CNc1c(Br)cc(C)cc1Br. The van der Waals surface area contributed by atoms with Gasteiger partial charge in [0.05, 0.1) is 12.2 Å². The monoisotopic (exact) mass is 376 g/mol. The molecular weight excluding hydrogens is 360 g/mol. The Bertz CT molecular complexity index is 408. The zero-order chi connectivity index (χ0) is 13.7. The number of anilines is 1. The lowest BCUT2D eigenvalue weighted by molar-refractivity contribution is -0.128. The predicted molar refractivity (Wildman–Crippen MR) is 83.0 cm³/mol. The summed E-state index contributed by atoms with van der Waals surface area (Å²) in [5.74, 6) is 0.111. The number of hydrogen-bond donors (Lipinski definition) is 1. The molecule has 0 radical (unpaired) electrons. The van der Waals surface area contributed by atoms with Crippen LogP contribution in [0.25, 0.3) is 0 Å². The van der Waals surface area contributed by atoms with Crippen LogP contribution in [0.2, 0.25) is 0 Å². The van der Waals surface area contributed by atoms with Gasteiger partial charge >= 0.3 is 0 Å². The highest BCUT2D eigenvalue weighted by molar-refractivity contribution is 9.11. The molecule has 1 amide bonds. The molecule has 0 fully saturated rings. The Morgan fingerprint density at radius 3 is 2.17 bits per heavy atom. The van der Waals surface area contributed by atoms with Crippen LogP contribution in [-0.4, -0.2) is 30.4 Å². The molecule has 1 aromatic rings. The Labute approximate surface area is 125 Å². The van der Waals surface area contributed by atoms with Gasteiger partial charge < -0.3 is 10.2 Å². The second kappa shape index (κ2) is 7.14. The Morgan fingerprint density at radius 1 is 1.22 bits per heavy atom. The van der Waals surface area contributed by atoms with Gasteiger partial charge in [-0.25, -0.2) is 0 Å². The highest BCUT2D eigenvalue weighted by atomic mass is 79.9. The number of nitrogens with zero attached hydrogens (tertiary/aromatic N) is 1. The lowest BCUT2D eigenvalue weighted by Gasteiger charge is -2.20. The lowest BCUT2D eigenvalue weighted by atomic mass is 10.2. The number of aryl methyl sites for hydroxylation is 1. The van der Waals surface area contributed by atoms with E-state index in [1.807, 2.05) is 37.8 Å². The zero-order valence-electron chi connectivity index (χ0n) is 10.9. The largest absolute Gasteiger partial charge is 0.374 e. The van der Waals surface area contributed by atoms with E-state index in [1.165, 1.54) is 0 Å². The van der Waals surface area contributed by atoms with Crippen molar-refractivity contribution in [2.24, 2.45) is 0 Å². The topological polar surface area (TPSA) is 32.3 Å². The number of benzene rings is 1. The zero-order valence-corrected chi connectivity index (χ0v) is 14.1. The Morgan fingerprint density at radius 2 is 1.72 bits per heavy atom. The average Bonchev–Trinajstić information content (AvgIpc) is 2.29. The second-order valence-electron chi connectivity index (χ2n) is 4.02. The highest BCUT2D eigenvalue weighted by Crippen LogP contribution is 2.32. The summed E-state index contributed by atoms with van der Waals surface area (Å²) in [5.41, 5.74) is 2.08. The fourth-order valence-corrected chi connectivity index (χ4v) is 3.42. The molecule has 1 rings (SSSR count). The Balaban J connectivity index is 2.72. The first kappa shape index (κ1) is 15.5. The van der Waals surface area contributed by atoms with E-state index in [0.717, 1.165) is 33.3 Å². The predicted octanol–water partition coefficient (Wildman–Crippen LogP) is 3.80. The van der Waals surface area contributed by atoms with Crippen molar-refractivity contribution in [2.45, 2.75) is 20.8 Å². The van der Waals surface area contributed by atoms with Crippen LogP contribution in [0.3, 0.4) is 0 Å². The highest BCUT2D eigenvalue weighted by Gasteiger charge is 2.11. The van der Waals surface area contributed by atoms with Gasteiger partial charge in [0.25, 0.3) is 0 Å². The maximum atomic E-state index is 11.9. The van der Waals surface area contributed by atoms with Crippen molar-refractivity contribution < 1.29 is 4.79 Å². The van der Waals surface area contributed by atoms with Crippen LogP contribution in [0.15, 0.2) is 21.1 Å². The molecule has 0 saturated carbocycles. The van der Waals surface area contributed by atoms with E-state index in [1.54, 1.807) is 0 Å². The first-order valence-electron chi connectivity index (χ1n) is 5.96. The van der Waals surface area contributed by atoms with Crippen molar-refractivity contribution in [1.82, 2.24) is 4.90 Å². The van der Waals surface area contributed by atoms with Crippen molar-refractivity contribution in [2.75, 3.05) is 25.0 Å². The van der Waals surface area contributed by atoms with Crippen LogP contribution in [0.4, 0.5) is 5.69 Å². The van der Waals surface area contributed by atoms with Gasteiger partial charge in [-0.2, -0.15) is 0 Å². The number of likely N-dealkylation sites (N-methyl/N-ethyl adjacent to an activating group) is 1. The van der Waals surface area contributed by atoms with Crippen molar-refractivity contribution >= 4 is 43.5 Å². The number of halogens is 2. The number of nitrogens with one attached hydrogen (secondary N) is 1. The molecule has 0 heterocycles. The van der Waals surface area contributed by atoms with E-state index < -0.39 is 0 Å². The molecule has 0 aliphatic carbocycles. The van der Waals surface area contributed by atoms with Gasteiger partial charge in [-0.1, -0.05) is 0 Å². The average molecular weight is 378 g/mol.